The van der Waals surface area contributed by atoms with Gasteiger partial charge in [-0.25, -0.2) is 8.42 Å². The average molecular weight is 425 g/mol. The summed E-state index contributed by atoms with van der Waals surface area (Å²) >= 11 is 0. The molecule has 8 nitrogen and oxygen atoms in total. The molecule has 0 saturated heterocycles. The van der Waals surface area contributed by atoms with Crippen LogP contribution in [0.3, 0.4) is 0 Å². The van der Waals surface area contributed by atoms with Crippen molar-refractivity contribution in [2.24, 2.45) is 5.73 Å². The Kier molecular flexibility index (Phi) is 4.59. The van der Waals surface area contributed by atoms with Gasteiger partial charge in [-0.15, -0.1) is 0 Å². The summed E-state index contributed by atoms with van der Waals surface area (Å²) in [5, 5.41) is 9.83. The van der Waals surface area contributed by atoms with Crippen LogP contribution in [0.4, 0.5) is 5.69 Å². The van der Waals surface area contributed by atoms with Crippen LogP contribution in [0.5, 0.6) is 11.5 Å². The van der Waals surface area contributed by atoms with Crippen molar-refractivity contribution in [3.05, 3.63) is 70.0 Å². The lowest BCUT2D eigenvalue weighted by Crippen LogP contribution is -2.37. The number of nitrogens with two attached hydrogens (primary N) is 1. The number of ether oxygens (including phenoxy) is 3. The second-order valence-electron chi connectivity index (χ2n) is 6.72. The van der Waals surface area contributed by atoms with E-state index in [-0.39, 0.29) is 22.1 Å². The molecule has 2 aromatic rings. The minimum Gasteiger partial charge on any atom is -0.497 e. The Labute approximate surface area is 174 Å². The molecule has 1 atom stereocenters. The minimum atomic E-state index is -4.03. The first kappa shape index (κ1) is 19.7. The molecule has 0 bridgehead atoms. The molecule has 9 heteroatoms. The summed E-state index contributed by atoms with van der Waals surface area (Å²) in [5.74, 6) is -0.190. The molecule has 2 aliphatic rings. The lowest BCUT2D eigenvalue weighted by molar-refractivity contribution is 0.355. The van der Waals surface area contributed by atoms with Gasteiger partial charge in [0.2, 0.25) is 5.88 Å². The zero-order valence-corrected chi connectivity index (χ0v) is 17.4. The molecular weight excluding hydrogens is 406 g/mol. The third kappa shape index (κ3) is 2.69. The zero-order chi connectivity index (χ0) is 21.6. The van der Waals surface area contributed by atoms with Gasteiger partial charge in [-0.3, -0.25) is 4.31 Å². The zero-order valence-electron chi connectivity index (χ0n) is 16.5. The van der Waals surface area contributed by atoms with Crippen LogP contribution in [0, 0.1) is 11.3 Å². The maximum Gasteiger partial charge on any atom is 0.264 e. The quantitative estimate of drug-likeness (QED) is 0.804. The molecule has 0 aromatic heterocycles. The predicted molar refractivity (Wildman–Crippen MR) is 111 cm³/mol. The Bertz CT molecular complexity index is 1260. The van der Waals surface area contributed by atoms with Crippen molar-refractivity contribution in [1.29, 1.82) is 5.26 Å². The molecule has 0 spiro atoms. The van der Waals surface area contributed by atoms with Gasteiger partial charge in [-0.05, 0) is 30.3 Å². The number of fused-ring (bicyclic) bond motifs is 2. The number of nitrogens with zero attached hydrogens (tertiary/aromatic N) is 2. The molecule has 154 valence electrons. The second-order valence-corrected chi connectivity index (χ2v) is 8.65. The number of nitriles is 1. The first-order valence-electron chi connectivity index (χ1n) is 8.97. The summed E-state index contributed by atoms with van der Waals surface area (Å²) in [4.78, 5) is -0.0685. The molecule has 0 fully saturated rings. The van der Waals surface area contributed by atoms with Crippen molar-refractivity contribution in [3.8, 4) is 17.6 Å². The molecule has 2 heterocycles. The number of para-hydroxylation sites is 1. The van der Waals surface area contributed by atoms with Crippen LogP contribution in [-0.4, -0.2) is 29.7 Å². The topological polar surface area (TPSA) is 115 Å². The summed E-state index contributed by atoms with van der Waals surface area (Å²) in [6.07, 6.45) is 0. The van der Waals surface area contributed by atoms with Crippen molar-refractivity contribution >= 4 is 21.5 Å². The van der Waals surface area contributed by atoms with E-state index in [1.807, 2.05) is 6.07 Å². The van der Waals surface area contributed by atoms with E-state index in [0.717, 1.165) is 0 Å². The van der Waals surface area contributed by atoms with Crippen LogP contribution in [0.15, 0.2) is 58.8 Å². The molecule has 4 rings (SSSR count). The van der Waals surface area contributed by atoms with E-state index in [1.54, 1.807) is 42.5 Å². The predicted octanol–water partition coefficient (Wildman–Crippen LogP) is 2.66. The number of sulfonamides is 1. The molecule has 2 aliphatic heterocycles. The number of benzene rings is 2. The van der Waals surface area contributed by atoms with Gasteiger partial charge < -0.3 is 19.9 Å². The van der Waals surface area contributed by atoms with Gasteiger partial charge >= 0.3 is 0 Å². The second kappa shape index (κ2) is 7.00. The van der Waals surface area contributed by atoms with E-state index < -0.39 is 15.9 Å². The Morgan fingerprint density at radius 3 is 2.57 bits per heavy atom. The van der Waals surface area contributed by atoms with Gasteiger partial charge in [0.1, 0.15) is 28.0 Å². The maximum absolute atomic E-state index is 13.6. The molecular formula is C21H19N3O5S. The van der Waals surface area contributed by atoms with Crippen LogP contribution < -0.4 is 19.5 Å². The van der Waals surface area contributed by atoms with Crippen molar-refractivity contribution in [3.63, 3.8) is 0 Å². The third-order valence-electron chi connectivity index (χ3n) is 5.25. The first-order valence-corrected chi connectivity index (χ1v) is 10.4. The number of hydrogen-bond acceptors (Lipinski definition) is 7. The smallest absolute Gasteiger partial charge is 0.264 e. The highest BCUT2D eigenvalue weighted by Gasteiger charge is 2.47. The van der Waals surface area contributed by atoms with E-state index in [9.17, 15) is 13.7 Å². The van der Waals surface area contributed by atoms with E-state index in [2.05, 4.69) is 0 Å². The van der Waals surface area contributed by atoms with E-state index in [1.165, 1.54) is 25.6 Å². The fraction of sp³-hybridized carbons (Fsp3) is 0.190. The van der Waals surface area contributed by atoms with Crippen molar-refractivity contribution in [1.82, 2.24) is 0 Å². The fourth-order valence-electron chi connectivity index (χ4n) is 3.77. The van der Waals surface area contributed by atoms with Crippen LogP contribution in [0.25, 0.3) is 5.76 Å². The van der Waals surface area contributed by atoms with Gasteiger partial charge in [0.05, 0.1) is 25.8 Å². The van der Waals surface area contributed by atoms with Gasteiger partial charge in [0.15, 0.2) is 5.76 Å². The Morgan fingerprint density at radius 2 is 1.90 bits per heavy atom. The maximum atomic E-state index is 13.6. The van der Waals surface area contributed by atoms with Crippen LogP contribution in [0.2, 0.25) is 0 Å². The molecule has 2 N–H and O–H groups in total. The highest BCUT2D eigenvalue weighted by molar-refractivity contribution is 7.96. The lowest BCUT2D eigenvalue weighted by Gasteiger charge is -2.36. The Morgan fingerprint density at radius 1 is 1.17 bits per heavy atom. The molecule has 2 aromatic carbocycles. The molecule has 0 aliphatic carbocycles. The highest BCUT2D eigenvalue weighted by Crippen LogP contribution is 2.52. The molecule has 0 radical (unpaired) electrons. The Hall–Kier alpha value is -3.64. The van der Waals surface area contributed by atoms with Gasteiger partial charge in [0, 0.05) is 18.2 Å². The van der Waals surface area contributed by atoms with E-state index >= 15 is 0 Å². The van der Waals surface area contributed by atoms with E-state index in [4.69, 9.17) is 19.9 Å². The SMILES string of the molecule is COc1ccc(OC)c(C2C(C#N)=C(N)OC3=C2S(=O)(=O)N(C)c2ccccc23)c1. The molecule has 0 saturated carbocycles. The van der Waals surface area contributed by atoms with Gasteiger partial charge in [0.25, 0.3) is 10.0 Å². The van der Waals surface area contributed by atoms with Crippen LogP contribution >= 0.6 is 0 Å². The lowest BCUT2D eigenvalue weighted by atomic mass is 9.87. The van der Waals surface area contributed by atoms with Crippen molar-refractivity contribution in [2.75, 3.05) is 25.6 Å². The summed E-state index contributed by atoms with van der Waals surface area (Å²) < 4.78 is 44.8. The number of methoxy groups -OCH3 is 2. The Balaban J connectivity index is 2.10. The number of anilines is 1. The van der Waals surface area contributed by atoms with Crippen molar-refractivity contribution < 1.29 is 22.6 Å². The first-order chi connectivity index (χ1) is 14.3. The van der Waals surface area contributed by atoms with Crippen LogP contribution in [-0.2, 0) is 14.8 Å². The normalized spacial score (nSPS) is 19.4. The number of rotatable bonds is 3. The summed E-state index contributed by atoms with van der Waals surface area (Å²) in [7, 11) is 0.396. The fourth-order valence-corrected chi connectivity index (χ4v) is 5.41. The number of hydrogen-bond donors (Lipinski definition) is 1. The summed E-state index contributed by atoms with van der Waals surface area (Å²) in [6.45, 7) is 0. The standard InChI is InChI=1S/C21H19N3O5S/c1-24-16-7-5-4-6-13(16)19-20(30(24,25)26)18(15(11-22)21(23)29-19)14-10-12(27-2)8-9-17(14)28-3/h4-10,18H,23H2,1-3H3. The van der Waals surface area contributed by atoms with Gasteiger partial charge in [-0.2, -0.15) is 5.26 Å². The van der Waals surface area contributed by atoms with Crippen molar-refractivity contribution in [2.45, 2.75) is 5.92 Å². The van der Waals surface area contributed by atoms with Gasteiger partial charge in [-0.1, -0.05) is 12.1 Å². The third-order valence-corrected chi connectivity index (χ3v) is 7.14. The van der Waals surface area contributed by atoms with E-state index in [0.29, 0.717) is 28.3 Å². The molecule has 30 heavy (non-hydrogen) atoms. The molecule has 1 unspecified atom stereocenters. The van der Waals surface area contributed by atoms with Crippen LogP contribution in [0.1, 0.15) is 17.0 Å². The average Bonchev–Trinajstić information content (AvgIpc) is 2.76. The monoisotopic (exact) mass is 425 g/mol. The minimum absolute atomic E-state index is 0.0170. The number of allylic oxidation sites excluding steroid dienone is 2. The highest BCUT2D eigenvalue weighted by atomic mass is 32.2. The largest absolute Gasteiger partial charge is 0.497 e. The molecule has 0 amide bonds. The summed E-state index contributed by atoms with van der Waals surface area (Å²) in [6, 6.07) is 13.9. The summed E-state index contributed by atoms with van der Waals surface area (Å²) in [5.41, 5.74) is 7.53.